The topological polar surface area (TPSA) is 69.7 Å². The highest BCUT2D eigenvalue weighted by molar-refractivity contribution is 9.10. The molecule has 2 aromatic carbocycles. The van der Waals surface area contributed by atoms with Crippen LogP contribution in [0.25, 0.3) is 0 Å². The predicted octanol–water partition coefficient (Wildman–Crippen LogP) is 4.26. The normalized spacial score (nSPS) is 11.2. The number of hydrogen-bond donors (Lipinski definition) is 0. The van der Waals surface area contributed by atoms with Crippen LogP contribution in [-0.2, 0) is 20.3 Å². The Morgan fingerprint density at radius 1 is 1.24 bits per heavy atom. The van der Waals surface area contributed by atoms with Gasteiger partial charge in [0.1, 0.15) is 11.3 Å². The largest absolute Gasteiger partial charge is 0.495 e. The lowest BCUT2D eigenvalue weighted by Crippen LogP contribution is -2.14. The molecule has 5 nitrogen and oxygen atoms in total. The van der Waals surface area contributed by atoms with Crippen LogP contribution in [0.5, 0.6) is 5.75 Å². The van der Waals surface area contributed by atoms with Crippen LogP contribution in [0.1, 0.15) is 22.8 Å². The van der Waals surface area contributed by atoms with Crippen molar-refractivity contribution in [1.82, 2.24) is 0 Å². The minimum Gasteiger partial charge on any atom is -0.495 e. The van der Waals surface area contributed by atoms with E-state index in [9.17, 15) is 13.2 Å². The number of carbonyl (C=O) groups is 1. The van der Waals surface area contributed by atoms with Crippen molar-refractivity contribution in [3.63, 3.8) is 0 Å². The Morgan fingerprint density at radius 2 is 1.96 bits per heavy atom. The Bertz CT molecular complexity index is 896. The van der Waals surface area contributed by atoms with Crippen molar-refractivity contribution in [1.29, 1.82) is 0 Å². The Balaban J connectivity index is 2.54. The lowest BCUT2D eigenvalue weighted by Gasteiger charge is -2.15. The van der Waals surface area contributed by atoms with Crippen LogP contribution >= 0.6 is 27.5 Å². The van der Waals surface area contributed by atoms with Crippen LogP contribution in [0.3, 0.4) is 0 Å². The third-order valence-corrected chi connectivity index (χ3v) is 5.90. The minimum atomic E-state index is -3.71. The van der Waals surface area contributed by atoms with Crippen molar-refractivity contribution in [2.75, 3.05) is 13.7 Å². The zero-order valence-corrected chi connectivity index (χ0v) is 16.7. The number of methoxy groups -OCH3 is 1. The molecule has 134 valence electrons. The second kappa shape index (κ2) is 8.21. The maximum atomic E-state index is 12.7. The molecule has 0 radical (unpaired) electrons. The van der Waals surface area contributed by atoms with Crippen LogP contribution in [0, 0.1) is 0 Å². The minimum absolute atomic E-state index is 0.0803. The molecule has 0 spiro atoms. The van der Waals surface area contributed by atoms with E-state index in [1.807, 2.05) is 0 Å². The van der Waals surface area contributed by atoms with Crippen molar-refractivity contribution >= 4 is 43.3 Å². The van der Waals surface area contributed by atoms with E-state index in [4.69, 9.17) is 21.1 Å². The summed E-state index contributed by atoms with van der Waals surface area (Å²) in [5.74, 6) is -0.792. The fraction of sp³-hybridized carbons (Fsp3) is 0.235. The zero-order chi connectivity index (χ0) is 18.6. The number of halogens is 2. The van der Waals surface area contributed by atoms with Crippen LogP contribution in [0.15, 0.2) is 45.8 Å². The lowest BCUT2D eigenvalue weighted by molar-refractivity contribution is 0.0521. The van der Waals surface area contributed by atoms with Gasteiger partial charge in [0.25, 0.3) is 0 Å². The Hall–Kier alpha value is -1.57. The third kappa shape index (κ3) is 4.54. The van der Waals surface area contributed by atoms with Gasteiger partial charge >= 0.3 is 5.97 Å². The second-order valence-electron chi connectivity index (χ2n) is 5.05. The quantitative estimate of drug-likeness (QED) is 0.619. The molecule has 0 fully saturated rings. The van der Waals surface area contributed by atoms with Gasteiger partial charge < -0.3 is 9.47 Å². The molecule has 2 rings (SSSR count). The van der Waals surface area contributed by atoms with Crippen molar-refractivity contribution in [2.24, 2.45) is 0 Å². The summed E-state index contributed by atoms with van der Waals surface area (Å²) >= 11 is 9.18. The molecule has 8 heteroatoms. The van der Waals surface area contributed by atoms with Gasteiger partial charge in [-0.2, -0.15) is 0 Å². The molecule has 0 atom stereocenters. The molecule has 0 saturated heterocycles. The number of benzene rings is 2. The summed E-state index contributed by atoms with van der Waals surface area (Å²) in [6.45, 7) is 1.83. The number of carbonyl (C=O) groups excluding carboxylic acids is 1. The summed E-state index contributed by atoms with van der Waals surface area (Å²) in [6.07, 6.45) is 0. The molecule has 0 unspecified atom stereocenters. The van der Waals surface area contributed by atoms with E-state index in [1.54, 1.807) is 31.2 Å². The molecule has 0 aliphatic carbocycles. The highest BCUT2D eigenvalue weighted by Gasteiger charge is 2.25. The van der Waals surface area contributed by atoms with E-state index in [-0.39, 0.29) is 28.6 Å². The SMILES string of the molecule is CCOC(=O)c1c(CS(=O)(=O)c2cccc(Cl)c2)ccc(Br)c1OC. The van der Waals surface area contributed by atoms with Crippen molar-refractivity contribution in [2.45, 2.75) is 17.6 Å². The smallest absolute Gasteiger partial charge is 0.342 e. The first-order chi connectivity index (χ1) is 11.8. The van der Waals surface area contributed by atoms with Gasteiger partial charge in [0.05, 0.1) is 28.8 Å². The first-order valence-electron chi connectivity index (χ1n) is 7.31. The molecule has 0 N–H and O–H groups in total. The van der Waals surface area contributed by atoms with Gasteiger partial charge in [0.2, 0.25) is 0 Å². The Morgan fingerprint density at radius 3 is 2.56 bits per heavy atom. The molecule has 0 aromatic heterocycles. The van der Waals surface area contributed by atoms with Crippen LogP contribution in [0.4, 0.5) is 0 Å². The van der Waals surface area contributed by atoms with Gasteiger partial charge in [0.15, 0.2) is 9.84 Å². The third-order valence-electron chi connectivity index (χ3n) is 3.38. The molecule has 0 bridgehead atoms. The number of rotatable bonds is 6. The molecular formula is C17H16BrClO5S. The van der Waals surface area contributed by atoms with Gasteiger partial charge in [-0.25, -0.2) is 13.2 Å². The molecule has 0 aliphatic rings. The number of hydrogen-bond acceptors (Lipinski definition) is 5. The first kappa shape index (κ1) is 19.8. The van der Waals surface area contributed by atoms with E-state index in [1.165, 1.54) is 19.2 Å². The van der Waals surface area contributed by atoms with E-state index in [0.29, 0.717) is 15.1 Å². The zero-order valence-electron chi connectivity index (χ0n) is 13.6. The summed E-state index contributed by atoms with van der Waals surface area (Å²) in [7, 11) is -2.31. The summed E-state index contributed by atoms with van der Waals surface area (Å²) in [6, 6.07) is 9.17. The second-order valence-corrected chi connectivity index (χ2v) is 8.33. The maximum Gasteiger partial charge on any atom is 0.342 e. The number of sulfone groups is 1. The molecule has 0 saturated carbocycles. The van der Waals surface area contributed by atoms with Crippen molar-refractivity contribution < 1.29 is 22.7 Å². The highest BCUT2D eigenvalue weighted by Crippen LogP contribution is 2.34. The van der Waals surface area contributed by atoms with Crippen molar-refractivity contribution in [3.8, 4) is 5.75 Å². The summed E-state index contributed by atoms with van der Waals surface area (Å²) < 4.78 is 36.3. The van der Waals surface area contributed by atoms with Crippen molar-refractivity contribution in [3.05, 3.63) is 57.0 Å². The average molecular weight is 448 g/mol. The molecule has 0 heterocycles. The van der Waals surface area contributed by atoms with Crippen LogP contribution < -0.4 is 4.74 Å². The van der Waals surface area contributed by atoms with Gasteiger partial charge in [-0.3, -0.25) is 0 Å². The highest BCUT2D eigenvalue weighted by atomic mass is 79.9. The first-order valence-corrected chi connectivity index (χ1v) is 10.1. The lowest BCUT2D eigenvalue weighted by atomic mass is 10.1. The summed E-state index contributed by atoms with van der Waals surface area (Å²) in [5.41, 5.74) is 0.378. The number of ether oxygens (including phenoxy) is 2. The van der Waals surface area contributed by atoms with Gasteiger partial charge in [-0.1, -0.05) is 23.7 Å². The van der Waals surface area contributed by atoms with Crippen LogP contribution in [0.2, 0.25) is 5.02 Å². The van der Waals surface area contributed by atoms with E-state index < -0.39 is 15.8 Å². The predicted molar refractivity (Wildman–Crippen MR) is 99.0 cm³/mol. The molecule has 0 amide bonds. The van der Waals surface area contributed by atoms with E-state index >= 15 is 0 Å². The molecular weight excluding hydrogens is 432 g/mol. The van der Waals surface area contributed by atoms with Gasteiger partial charge in [0, 0.05) is 5.02 Å². The van der Waals surface area contributed by atoms with Gasteiger partial charge in [-0.05, 0) is 52.7 Å². The molecule has 0 aliphatic heterocycles. The summed E-state index contributed by atoms with van der Waals surface area (Å²) in [5, 5.41) is 0.320. The fourth-order valence-corrected chi connectivity index (χ4v) is 4.45. The van der Waals surface area contributed by atoms with Gasteiger partial charge in [-0.15, -0.1) is 0 Å². The van der Waals surface area contributed by atoms with E-state index in [0.717, 1.165) is 0 Å². The maximum absolute atomic E-state index is 12.7. The fourth-order valence-electron chi connectivity index (χ4n) is 2.29. The van der Waals surface area contributed by atoms with Crippen LogP contribution in [-0.4, -0.2) is 28.1 Å². The summed E-state index contributed by atoms with van der Waals surface area (Å²) in [4.78, 5) is 12.4. The van der Waals surface area contributed by atoms with E-state index in [2.05, 4.69) is 15.9 Å². The Labute approximate surface area is 159 Å². The average Bonchev–Trinajstić information content (AvgIpc) is 2.56. The monoisotopic (exact) mass is 446 g/mol. The standard InChI is InChI=1S/C17H16BrClO5S/c1-3-24-17(20)15-11(7-8-14(18)16(15)23-2)10-25(21,22)13-6-4-5-12(19)9-13/h4-9H,3,10H2,1-2H3. The Kier molecular flexibility index (Phi) is 6.48. The molecule has 2 aromatic rings. The number of esters is 1. The molecule has 25 heavy (non-hydrogen) atoms.